The van der Waals surface area contributed by atoms with Crippen LogP contribution in [0.2, 0.25) is 0 Å². The van der Waals surface area contributed by atoms with Crippen LogP contribution in [0.3, 0.4) is 0 Å². The van der Waals surface area contributed by atoms with Crippen LogP contribution in [0.5, 0.6) is 17.5 Å². The van der Waals surface area contributed by atoms with Crippen molar-refractivity contribution in [1.82, 2.24) is 9.97 Å². The van der Waals surface area contributed by atoms with Gasteiger partial charge in [-0.3, -0.25) is 0 Å². The molecule has 19 heavy (non-hydrogen) atoms. The summed E-state index contributed by atoms with van der Waals surface area (Å²) in [5.41, 5.74) is 2.40. The van der Waals surface area contributed by atoms with Gasteiger partial charge in [0.2, 0.25) is 0 Å². The van der Waals surface area contributed by atoms with E-state index in [0.717, 1.165) is 28.5 Å². The van der Waals surface area contributed by atoms with Gasteiger partial charge in [-0.1, -0.05) is 0 Å². The van der Waals surface area contributed by atoms with Crippen molar-refractivity contribution in [3.05, 3.63) is 30.0 Å². The molecule has 0 amide bonds. The molecule has 0 radical (unpaired) electrons. The predicted molar refractivity (Wildman–Crippen MR) is 71.9 cm³/mol. The van der Waals surface area contributed by atoms with E-state index >= 15 is 0 Å². The van der Waals surface area contributed by atoms with Crippen LogP contribution in [0.1, 0.15) is 5.69 Å². The van der Waals surface area contributed by atoms with Gasteiger partial charge in [0.05, 0.1) is 27.0 Å². The zero-order valence-corrected chi connectivity index (χ0v) is 11.4. The lowest BCUT2D eigenvalue weighted by Gasteiger charge is -2.11. The molecule has 0 atom stereocenters. The summed E-state index contributed by atoms with van der Waals surface area (Å²) in [4.78, 5) is 8.51. The van der Waals surface area contributed by atoms with Crippen LogP contribution in [0.4, 0.5) is 0 Å². The normalized spacial score (nSPS) is 10.1. The number of aromatic nitrogens is 2. The summed E-state index contributed by atoms with van der Waals surface area (Å²) in [7, 11) is 4.79. The molecule has 0 N–H and O–H groups in total. The summed E-state index contributed by atoms with van der Waals surface area (Å²) in [6.07, 6.45) is 0. The molecule has 0 saturated heterocycles. The van der Waals surface area contributed by atoms with Crippen LogP contribution in [0.25, 0.3) is 11.3 Å². The number of hydrogen-bond donors (Lipinski definition) is 0. The van der Waals surface area contributed by atoms with Crippen molar-refractivity contribution >= 4 is 0 Å². The maximum Gasteiger partial charge on any atom is 0.316 e. The standard InChI is InChI=1S/C14H16N2O3/c1-9-7-12(16-14(15-9)19-4)11-8-10(17-2)5-6-13(11)18-3/h5-8H,1-4H3. The average Bonchev–Trinajstić information content (AvgIpc) is 2.45. The van der Waals surface area contributed by atoms with Crippen molar-refractivity contribution < 1.29 is 14.2 Å². The molecule has 0 aliphatic rings. The van der Waals surface area contributed by atoms with E-state index < -0.39 is 0 Å². The first-order valence-corrected chi connectivity index (χ1v) is 5.80. The summed E-state index contributed by atoms with van der Waals surface area (Å²) in [5.74, 6) is 1.46. The van der Waals surface area contributed by atoms with Crippen LogP contribution in [-0.4, -0.2) is 31.3 Å². The summed E-state index contributed by atoms with van der Waals surface area (Å²) >= 11 is 0. The van der Waals surface area contributed by atoms with Crippen molar-refractivity contribution in [2.24, 2.45) is 0 Å². The molecule has 0 unspecified atom stereocenters. The third-order valence-electron chi connectivity index (χ3n) is 2.70. The van der Waals surface area contributed by atoms with Gasteiger partial charge in [-0.25, -0.2) is 4.98 Å². The second-order valence-corrected chi connectivity index (χ2v) is 3.95. The van der Waals surface area contributed by atoms with Crippen molar-refractivity contribution in [2.45, 2.75) is 6.92 Å². The third-order valence-corrected chi connectivity index (χ3v) is 2.70. The van der Waals surface area contributed by atoms with Crippen molar-refractivity contribution in [2.75, 3.05) is 21.3 Å². The molecule has 1 aromatic heterocycles. The number of aryl methyl sites for hydroxylation is 1. The molecule has 0 bridgehead atoms. The molecular formula is C14H16N2O3. The van der Waals surface area contributed by atoms with Crippen molar-refractivity contribution in [1.29, 1.82) is 0 Å². The molecule has 0 saturated carbocycles. The van der Waals surface area contributed by atoms with Gasteiger partial charge in [0, 0.05) is 11.3 Å². The van der Waals surface area contributed by atoms with Crippen LogP contribution in [0.15, 0.2) is 24.3 Å². The van der Waals surface area contributed by atoms with Gasteiger partial charge in [-0.15, -0.1) is 0 Å². The Morgan fingerprint density at radius 2 is 1.68 bits per heavy atom. The first kappa shape index (κ1) is 13.1. The summed E-state index contributed by atoms with van der Waals surface area (Å²) in [6, 6.07) is 7.77. The molecule has 0 aliphatic carbocycles. The largest absolute Gasteiger partial charge is 0.497 e. The maximum absolute atomic E-state index is 5.36. The van der Waals surface area contributed by atoms with Crippen molar-refractivity contribution in [3.8, 4) is 28.8 Å². The first-order chi connectivity index (χ1) is 9.17. The number of nitrogens with zero attached hydrogens (tertiary/aromatic N) is 2. The highest BCUT2D eigenvalue weighted by Crippen LogP contribution is 2.33. The first-order valence-electron chi connectivity index (χ1n) is 5.80. The Balaban J connectivity index is 2.59. The third kappa shape index (κ3) is 2.76. The van der Waals surface area contributed by atoms with Crippen LogP contribution < -0.4 is 14.2 Å². The van der Waals surface area contributed by atoms with Gasteiger partial charge < -0.3 is 14.2 Å². The molecule has 1 aromatic carbocycles. The number of ether oxygens (including phenoxy) is 3. The fourth-order valence-electron chi connectivity index (χ4n) is 1.78. The molecule has 0 aliphatic heterocycles. The smallest absolute Gasteiger partial charge is 0.316 e. The summed E-state index contributed by atoms with van der Waals surface area (Å²) in [6.45, 7) is 1.89. The molecule has 100 valence electrons. The second kappa shape index (κ2) is 5.56. The highest BCUT2D eigenvalue weighted by Gasteiger charge is 2.11. The van der Waals surface area contributed by atoms with E-state index in [2.05, 4.69) is 9.97 Å². The zero-order valence-electron chi connectivity index (χ0n) is 11.4. The highest BCUT2D eigenvalue weighted by molar-refractivity contribution is 5.69. The van der Waals surface area contributed by atoms with E-state index in [1.807, 2.05) is 31.2 Å². The summed E-state index contributed by atoms with van der Waals surface area (Å²) < 4.78 is 15.7. The summed E-state index contributed by atoms with van der Waals surface area (Å²) in [5, 5.41) is 0. The number of rotatable bonds is 4. The maximum atomic E-state index is 5.36. The fourth-order valence-corrected chi connectivity index (χ4v) is 1.78. The number of hydrogen-bond acceptors (Lipinski definition) is 5. The quantitative estimate of drug-likeness (QED) is 0.845. The van der Waals surface area contributed by atoms with Crippen molar-refractivity contribution in [3.63, 3.8) is 0 Å². The van der Waals surface area contributed by atoms with E-state index in [-0.39, 0.29) is 0 Å². The van der Waals surface area contributed by atoms with Gasteiger partial charge in [-0.2, -0.15) is 4.98 Å². The van der Waals surface area contributed by atoms with Crippen LogP contribution >= 0.6 is 0 Å². The van der Waals surface area contributed by atoms with Crippen LogP contribution in [-0.2, 0) is 0 Å². The van der Waals surface area contributed by atoms with Gasteiger partial charge in [0.1, 0.15) is 11.5 Å². The van der Waals surface area contributed by atoms with E-state index in [9.17, 15) is 0 Å². The number of benzene rings is 1. The minimum atomic E-state index is 0.333. The van der Waals surface area contributed by atoms with E-state index in [0.29, 0.717) is 6.01 Å². The fraction of sp³-hybridized carbons (Fsp3) is 0.286. The van der Waals surface area contributed by atoms with Gasteiger partial charge in [0.25, 0.3) is 0 Å². The molecular weight excluding hydrogens is 244 g/mol. The molecule has 2 rings (SSSR count). The van der Waals surface area contributed by atoms with E-state index in [1.165, 1.54) is 0 Å². The lowest BCUT2D eigenvalue weighted by Crippen LogP contribution is -1.98. The second-order valence-electron chi connectivity index (χ2n) is 3.95. The Kier molecular flexibility index (Phi) is 3.85. The van der Waals surface area contributed by atoms with E-state index in [1.54, 1.807) is 21.3 Å². The molecule has 1 heterocycles. The Morgan fingerprint density at radius 1 is 0.895 bits per heavy atom. The molecule has 5 heteroatoms. The Bertz CT molecular complexity index is 585. The zero-order chi connectivity index (χ0) is 13.8. The monoisotopic (exact) mass is 260 g/mol. The topological polar surface area (TPSA) is 53.5 Å². The molecule has 5 nitrogen and oxygen atoms in total. The number of methoxy groups -OCH3 is 3. The predicted octanol–water partition coefficient (Wildman–Crippen LogP) is 2.48. The van der Waals surface area contributed by atoms with E-state index in [4.69, 9.17) is 14.2 Å². The van der Waals surface area contributed by atoms with Gasteiger partial charge in [0.15, 0.2) is 0 Å². The minimum absolute atomic E-state index is 0.333. The Morgan fingerprint density at radius 3 is 2.32 bits per heavy atom. The molecule has 2 aromatic rings. The van der Waals surface area contributed by atoms with Gasteiger partial charge >= 0.3 is 6.01 Å². The Hall–Kier alpha value is -2.30. The average molecular weight is 260 g/mol. The molecule has 0 spiro atoms. The highest BCUT2D eigenvalue weighted by atomic mass is 16.5. The molecule has 0 fully saturated rings. The SMILES string of the molecule is COc1ccc(OC)c(-c2cc(C)nc(OC)n2)c1. The lowest BCUT2D eigenvalue weighted by molar-refractivity contribution is 0.379. The minimum Gasteiger partial charge on any atom is -0.497 e. The van der Waals surface area contributed by atoms with Gasteiger partial charge in [-0.05, 0) is 31.2 Å². The lowest BCUT2D eigenvalue weighted by atomic mass is 10.1. The Labute approximate surface area is 112 Å². The van der Waals surface area contributed by atoms with Crippen LogP contribution in [0, 0.1) is 6.92 Å².